The van der Waals surface area contributed by atoms with Crippen LogP contribution in [0.5, 0.6) is 0 Å². The minimum atomic E-state index is -0.124. The van der Waals surface area contributed by atoms with Crippen LogP contribution in [-0.4, -0.2) is 22.9 Å². The summed E-state index contributed by atoms with van der Waals surface area (Å²) in [5.74, 6) is 0.930. The molecule has 4 aromatic rings. The molecule has 0 fully saturated rings. The van der Waals surface area contributed by atoms with Crippen LogP contribution in [0.4, 0.5) is 11.6 Å². The number of carbonyl (C=O) groups is 1. The quantitative estimate of drug-likeness (QED) is 0.422. The molecule has 2 N–H and O–H groups in total. The van der Waals surface area contributed by atoms with Crippen molar-refractivity contribution in [2.45, 2.75) is 26.7 Å². The molecule has 31 heavy (non-hydrogen) atoms. The zero-order chi connectivity index (χ0) is 22.0. The Bertz CT molecular complexity index is 1250. The number of aromatic nitrogens is 2. The molecular formula is C26H26N4O. The monoisotopic (exact) mass is 410 g/mol. The number of carbonyl (C=O) groups excluding carboxylic acids is 1. The number of fused-ring (bicyclic) bond motifs is 1. The van der Waals surface area contributed by atoms with Crippen molar-refractivity contribution in [2.24, 2.45) is 0 Å². The summed E-state index contributed by atoms with van der Waals surface area (Å²) >= 11 is 0. The number of aryl methyl sites for hydroxylation is 1. The Morgan fingerprint density at radius 2 is 1.74 bits per heavy atom. The molecule has 0 radical (unpaired) electrons. The van der Waals surface area contributed by atoms with Crippen LogP contribution in [0.25, 0.3) is 22.0 Å². The van der Waals surface area contributed by atoms with Gasteiger partial charge < -0.3 is 10.6 Å². The van der Waals surface area contributed by atoms with Crippen LogP contribution >= 0.6 is 0 Å². The van der Waals surface area contributed by atoms with E-state index in [0.717, 1.165) is 33.3 Å². The zero-order valence-corrected chi connectivity index (χ0v) is 18.2. The van der Waals surface area contributed by atoms with Crippen LogP contribution in [-0.2, 0) is 0 Å². The highest BCUT2D eigenvalue weighted by Crippen LogP contribution is 2.28. The maximum Gasteiger partial charge on any atom is 0.255 e. The second-order valence-electron chi connectivity index (χ2n) is 7.98. The molecule has 1 amide bonds. The van der Waals surface area contributed by atoms with Crippen LogP contribution < -0.4 is 10.6 Å². The molecule has 5 heteroatoms. The smallest absolute Gasteiger partial charge is 0.255 e. The molecule has 4 rings (SSSR count). The van der Waals surface area contributed by atoms with Gasteiger partial charge in [-0.05, 0) is 71.5 Å². The third-order valence-corrected chi connectivity index (χ3v) is 5.45. The van der Waals surface area contributed by atoms with E-state index in [0.29, 0.717) is 17.4 Å². The molecular weight excluding hydrogens is 384 g/mol. The lowest BCUT2D eigenvalue weighted by molar-refractivity contribution is 0.102. The minimum absolute atomic E-state index is 0.124. The predicted octanol–water partition coefficient (Wildman–Crippen LogP) is 6.02. The summed E-state index contributed by atoms with van der Waals surface area (Å²) in [6, 6.07) is 19.9. The van der Waals surface area contributed by atoms with Crippen molar-refractivity contribution in [2.75, 3.05) is 17.7 Å². The number of anilines is 2. The molecule has 0 aliphatic rings. The molecule has 1 aromatic heterocycles. The molecule has 0 atom stereocenters. The van der Waals surface area contributed by atoms with E-state index in [1.54, 1.807) is 7.05 Å². The average Bonchev–Trinajstić information content (AvgIpc) is 2.79. The lowest BCUT2D eigenvalue weighted by Crippen LogP contribution is -2.12. The molecule has 0 spiro atoms. The van der Waals surface area contributed by atoms with Crippen molar-refractivity contribution >= 4 is 28.4 Å². The Hall–Kier alpha value is -3.73. The summed E-state index contributed by atoms with van der Waals surface area (Å²) in [5.41, 5.74) is 6.68. The largest absolute Gasteiger partial charge is 0.357 e. The number of amides is 1. The average molecular weight is 411 g/mol. The van der Waals surface area contributed by atoms with Crippen LogP contribution in [0.3, 0.4) is 0 Å². The standard InChI is InChI=1S/C26H26N4O/c1-16(2)18-7-10-22(11-8-18)29-25(31)20-6-5-17(3)23(14-20)19-9-12-24-21(13-19)15-28-26(27-4)30-24/h5-16H,1-4H3,(H,29,31)(H,27,28,30). The van der Waals surface area contributed by atoms with Crippen LogP contribution in [0.1, 0.15) is 41.3 Å². The first-order valence-electron chi connectivity index (χ1n) is 10.4. The zero-order valence-electron chi connectivity index (χ0n) is 18.2. The first-order valence-corrected chi connectivity index (χ1v) is 10.4. The van der Waals surface area contributed by atoms with E-state index in [1.165, 1.54) is 5.56 Å². The van der Waals surface area contributed by atoms with Gasteiger partial charge >= 0.3 is 0 Å². The van der Waals surface area contributed by atoms with Gasteiger partial charge in [0.05, 0.1) is 5.52 Å². The van der Waals surface area contributed by atoms with Gasteiger partial charge in [0.2, 0.25) is 5.95 Å². The molecule has 0 saturated carbocycles. The first-order chi connectivity index (χ1) is 14.9. The van der Waals surface area contributed by atoms with Crippen molar-refractivity contribution in [3.8, 4) is 11.1 Å². The van der Waals surface area contributed by atoms with E-state index in [4.69, 9.17) is 0 Å². The molecule has 1 heterocycles. The van der Waals surface area contributed by atoms with Gasteiger partial charge in [0.25, 0.3) is 5.91 Å². The Balaban J connectivity index is 1.62. The van der Waals surface area contributed by atoms with E-state index in [1.807, 2.05) is 55.6 Å². The molecule has 0 bridgehead atoms. The summed E-state index contributed by atoms with van der Waals surface area (Å²) in [6.45, 7) is 6.35. The number of benzene rings is 3. The summed E-state index contributed by atoms with van der Waals surface area (Å²) < 4.78 is 0. The Morgan fingerprint density at radius 1 is 0.968 bits per heavy atom. The molecule has 3 aromatic carbocycles. The van der Waals surface area contributed by atoms with Gasteiger partial charge in [-0.3, -0.25) is 4.79 Å². The van der Waals surface area contributed by atoms with Gasteiger partial charge in [0.15, 0.2) is 0 Å². The van der Waals surface area contributed by atoms with E-state index in [2.05, 4.69) is 52.6 Å². The van der Waals surface area contributed by atoms with Crippen molar-refractivity contribution < 1.29 is 4.79 Å². The van der Waals surface area contributed by atoms with Crippen LogP contribution in [0.2, 0.25) is 0 Å². The third-order valence-electron chi connectivity index (χ3n) is 5.45. The Morgan fingerprint density at radius 3 is 2.45 bits per heavy atom. The van der Waals surface area contributed by atoms with Crippen LogP contribution in [0.15, 0.2) is 66.9 Å². The highest BCUT2D eigenvalue weighted by molar-refractivity contribution is 6.05. The number of nitrogens with zero attached hydrogens (tertiary/aromatic N) is 2. The molecule has 156 valence electrons. The van der Waals surface area contributed by atoms with Crippen molar-refractivity contribution in [1.82, 2.24) is 9.97 Å². The molecule has 0 unspecified atom stereocenters. The minimum Gasteiger partial charge on any atom is -0.357 e. The summed E-state index contributed by atoms with van der Waals surface area (Å²) in [4.78, 5) is 21.7. The lowest BCUT2D eigenvalue weighted by Gasteiger charge is -2.12. The molecule has 5 nitrogen and oxygen atoms in total. The maximum absolute atomic E-state index is 12.9. The van der Waals surface area contributed by atoms with Gasteiger partial charge in [0, 0.05) is 29.9 Å². The van der Waals surface area contributed by atoms with E-state index in [-0.39, 0.29) is 5.91 Å². The predicted molar refractivity (Wildman–Crippen MR) is 128 cm³/mol. The second kappa shape index (κ2) is 8.56. The fourth-order valence-electron chi connectivity index (χ4n) is 3.55. The van der Waals surface area contributed by atoms with Gasteiger partial charge in [-0.2, -0.15) is 0 Å². The highest BCUT2D eigenvalue weighted by atomic mass is 16.1. The summed E-state index contributed by atoms with van der Waals surface area (Å²) in [6.07, 6.45) is 1.81. The van der Waals surface area contributed by atoms with Crippen molar-refractivity contribution in [1.29, 1.82) is 0 Å². The Kier molecular flexibility index (Phi) is 5.67. The van der Waals surface area contributed by atoms with Crippen molar-refractivity contribution in [3.05, 3.63) is 83.6 Å². The summed E-state index contributed by atoms with van der Waals surface area (Å²) in [7, 11) is 1.80. The van der Waals surface area contributed by atoms with Crippen LogP contribution in [0, 0.1) is 6.92 Å². The molecule has 0 aliphatic heterocycles. The fraction of sp³-hybridized carbons (Fsp3) is 0.192. The second-order valence-corrected chi connectivity index (χ2v) is 7.98. The van der Waals surface area contributed by atoms with E-state index in [9.17, 15) is 4.79 Å². The third kappa shape index (κ3) is 4.40. The fourth-order valence-corrected chi connectivity index (χ4v) is 3.55. The van der Waals surface area contributed by atoms with Crippen molar-refractivity contribution in [3.63, 3.8) is 0 Å². The van der Waals surface area contributed by atoms with Gasteiger partial charge in [-0.1, -0.05) is 38.1 Å². The molecule has 0 saturated heterocycles. The van der Waals surface area contributed by atoms with Gasteiger partial charge in [0.1, 0.15) is 0 Å². The summed E-state index contributed by atoms with van der Waals surface area (Å²) in [5, 5.41) is 6.91. The van der Waals surface area contributed by atoms with Gasteiger partial charge in [-0.25, -0.2) is 9.97 Å². The number of nitrogens with one attached hydrogen (secondary N) is 2. The SMILES string of the molecule is CNc1ncc2cc(-c3cc(C(=O)Nc4ccc(C(C)C)cc4)ccc3C)ccc2n1. The van der Waals surface area contributed by atoms with E-state index < -0.39 is 0 Å². The maximum atomic E-state index is 12.9. The first kappa shape index (κ1) is 20.5. The van der Waals surface area contributed by atoms with E-state index >= 15 is 0 Å². The lowest BCUT2D eigenvalue weighted by atomic mass is 9.97. The Labute approximate surface area is 182 Å². The number of hydrogen-bond donors (Lipinski definition) is 2. The highest BCUT2D eigenvalue weighted by Gasteiger charge is 2.11. The number of hydrogen-bond acceptors (Lipinski definition) is 4. The van der Waals surface area contributed by atoms with Gasteiger partial charge in [-0.15, -0.1) is 0 Å². The molecule has 0 aliphatic carbocycles. The normalized spacial score (nSPS) is 11.0. The topological polar surface area (TPSA) is 66.9 Å². The number of rotatable bonds is 5.